The third-order valence-electron chi connectivity index (χ3n) is 16.8. The number of benzene rings is 7. The van der Waals surface area contributed by atoms with E-state index >= 15 is 0 Å². The minimum atomic E-state index is -0.459. The predicted octanol–water partition coefficient (Wildman–Crippen LogP) is 13.2. The largest absolute Gasteiger partial charge is 0.376 e. The molecule has 61 heavy (non-hydrogen) atoms. The zero-order valence-corrected chi connectivity index (χ0v) is 36.9. The van der Waals surface area contributed by atoms with Crippen molar-refractivity contribution in [1.29, 1.82) is 0 Å². The van der Waals surface area contributed by atoms with Gasteiger partial charge < -0.3 is 9.71 Å². The summed E-state index contributed by atoms with van der Waals surface area (Å²) in [4.78, 5) is 5.74. The summed E-state index contributed by atoms with van der Waals surface area (Å²) in [5, 5.41) is 0. The Morgan fingerprint density at radius 3 is 1.89 bits per heavy atom. The summed E-state index contributed by atoms with van der Waals surface area (Å²) in [6.45, 7) is 19.4. The summed E-state index contributed by atoms with van der Waals surface area (Å²) in [7, 11) is 0. The highest BCUT2D eigenvalue weighted by molar-refractivity contribution is 6.93. The lowest BCUT2D eigenvalue weighted by atomic mass is 9.41. The molecule has 4 aliphatic heterocycles. The van der Waals surface area contributed by atoms with Crippen molar-refractivity contribution in [3.05, 3.63) is 177 Å². The van der Waals surface area contributed by atoms with Crippen LogP contribution >= 0.6 is 0 Å². The van der Waals surface area contributed by atoms with Gasteiger partial charge in [-0.1, -0.05) is 155 Å². The number of hydrogen-bond donors (Lipinski definition) is 0. The van der Waals surface area contributed by atoms with E-state index in [4.69, 9.17) is 0 Å². The van der Waals surface area contributed by atoms with Crippen LogP contribution in [0.1, 0.15) is 110 Å². The highest BCUT2D eigenvalue weighted by Crippen LogP contribution is 2.67. The van der Waals surface area contributed by atoms with Crippen LogP contribution in [-0.4, -0.2) is 12.4 Å². The molecule has 0 saturated heterocycles. The van der Waals surface area contributed by atoms with Gasteiger partial charge >= 0.3 is 6.85 Å². The summed E-state index contributed by atoms with van der Waals surface area (Å²) < 4.78 is 0. The van der Waals surface area contributed by atoms with Gasteiger partial charge in [-0.25, -0.2) is 0 Å². The van der Waals surface area contributed by atoms with E-state index in [1.165, 1.54) is 137 Å². The normalized spacial score (nSPS) is 21.3. The number of anilines is 4. The first-order chi connectivity index (χ1) is 29.4. The molecular formula is C58H53BN2. The van der Waals surface area contributed by atoms with Crippen LogP contribution in [0.4, 0.5) is 22.7 Å². The van der Waals surface area contributed by atoms with Gasteiger partial charge in [0, 0.05) is 33.7 Å². The third-order valence-corrected chi connectivity index (χ3v) is 16.8. The van der Waals surface area contributed by atoms with E-state index in [2.05, 4.69) is 192 Å². The molecule has 2 atom stereocenters. The minimum absolute atomic E-state index is 0.00189. The van der Waals surface area contributed by atoms with Gasteiger partial charge in [0.1, 0.15) is 0 Å². The molecule has 13 rings (SSSR count). The Morgan fingerprint density at radius 2 is 1.18 bits per heavy atom. The Morgan fingerprint density at radius 1 is 0.557 bits per heavy atom. The van der Waals surface area contributed by atoms with Crippen molar-refractivity contribution < 1.29 is 0 Å². The first-order valence-electron chi connectivity index (χ1n) is 22.9. The summed E-state index contributed by atoms with van der Waals surface area (Å²) in [5.74, 6) is 0. The molecule has 1 spiro atoms. The molecule has 2 aliphatic carbocycles. The van der Waals surface area contributed by atoms with Crippen LogP contribution in [-0.2, 0) is 16.2 Å². The molecular weight excluding hydrogens is 735 g/mol. The molecule has 298 valence electrons. The van der Waals surface area contributed by atoms with Gasteiger partial charge in [0.05, 0.1) is 11.0 Å². The molecule has 1 saturated carbocycles. The van der Waals surface area contributed by atoms with E-state index in [1.54, 1.807) is 5.56 Å². The lowest BCUT2D eigenvalue weighted by Crippen LogP contribution is -2.65. The van der Waals surface area contributed by atoms with E-state index in [-0.39, 0.29) is 23.2 Å². The maximum Gasteiger partial charge on any atom is 0.333 e. The molecule has 0 bridgehead atoms. The van der Waals surface area contributed by atoms with Crippen LogP contribution in [0, 0.1) is 20.8 Å². The van der Waals surface area contributed by atoms with E-state index in [9.17, 15) is 0 Å². The quantitative estimate of drug-likeness (QED) is 0.153. The molecule has 0 radical (unpaired) electrons. The van der Waals surface area contributed by atoms with Crippen molar-refractivity contribution in [3.63, 3.8) is 0 Å². The monoisotopic (exact) mass is 788 g/mol. The van der Waals surface area contributed by atoms with Crippen LogP contribution in [0.3, 0.4) is 0 Å². The van der Waals surface area contributed by atoms with Gasteiger partial charge in [-0.3, -0.25) is 0 Å². The summed E-state index contributed by atoms with van der Waals surface area (Å²) in [5.41, 5.74) is 28.7. The predicted molar refractivity (Wildman–Crippen MR) is 257 cm³/mol. The van der Waals surface area contributed by atoms with E-state index in [0.29, 0.717) is 0 Å². The summed E-state index contributed by atoms with van der Waals surface area (Å²) >= 11 is 0. The van der Waals surface area contributed by atoms with Crippen molar-refractivity contribution in [1.82, 2.24) is 0 Å². The average molecular weight is 789 g/mol. The van der Waals surface area contributed by atoms with Crippen molar-refractivity contribution in [2.75, 3.05) is 9.71 Å². The maximum atomic E-state index is 2.91. The number of aryl methyl sites for hydroxylation is 3. The highest BCUT2D eigenvalue weighted by Gasteiger charge is 2.63. The fraction of sp³-hybridized carbons (Fsp3) is 0.276. The molecule has 6 aliphatic rings. The summed E-state index contributed by atoms with van der Waals surface area (Å²) in [6.07, 6.45) is 4.93. The molecule has 4 heterocycles. The summed E-state index contributed by atoms with van der Waals surface area (Å²) in [6, 6.07) is 50.6. The Labute approximate surface area is 362 Å². The molecule has 2 nitrogen and oxygen atoms in total. The van der Waals surface area contributed by atoms with Crippen molar-refractivity contribution in [2.45, 2.75) is 103 Å². The van der Waals surface area contributed by atoms with E-state index in [0.717, 1.165) is 0 Å². The van der Waals surface area contributed by atoms with Gasteiger partial charge in [0.15, 0.2) is 0 Å². The third kappa shape index (κ3) is 4.13. The van der Waals surface area contributed by atoms with Gasteiger partial charge in [-0.2, -0.15) is 0 Å². The Hall–Kier alpha value is -5.80. The zero-order valence-electron chi connectivity index (χ0n) is 36.9. The first-order valence-corrected chi connectivity index (χ1v) is 22.9. The Bertz CT molecular complexity index is 3060. The number of hydrogen-bond acceptors (Lipinski definition) is 2. The fourth-order valence-corrected chi connectivity index (χ4v) is 14.1. The molecule has 2 unspecified atom stereocenters. The van der Waals surface area contributed by atoms with Crippen molar-refractivity contribution in [3.8, 4) is 33.4 Å². The second kappa shape index (κ2) is 11.6. The second-order valence-corrected chi connectivity index (χ2v) is 20.9. The molecule has 3 heteroatoms. The minimum Gasteiger partial charge on any atom is -0.376 e. The van der Waals surface area contributed by atoms with Gasteiger partial charge in [0.25, 0.3) is 0 Å². The number of fused-ring (bicyclic) bond motifs is 16. The van der Waals surface area contributed by atoms with Crippen LogP contribution in [0.2, 0.25) is 0 Å². The van der Waals surface area contributed by atoms with Gasteiger partial charge in [0.2, 0.25) is 0 Å². The van der Waals surface area contributed by atoms with Gasteiger partial charge in [-0.15, -0.1) is 0 Å². The molecule has 1 fully saturated rings. The van der Waals surface area contributed by atoms with E-state index < -0.39 is 5.41 Å². The molecule has 0 aromatic heterocycles. The number of nitrogens with zero attached hydrogens (tertiary/aromatic N) is 2. The molecule has 7 aromatic carbocycles. The number of rotatable bonds is 1. The maximum absolute atomic E-state index is 2.91. The number of para-hydroxylation sites is 2. The first kappa shape index (κ1) is 35.9. The van der Waals surface area contributed by atoms with Crippen LogP contribution in [0.5, 0.6) is 0 Å². The SMILES string of the molecule is Cc1cc(C)c(-c2cc3c4c(c2)N2c5c(cc(C(C)(C)C)cc5C5(C)CCCCC25C)B4N2c4ccccc4C4(c5ccccc5-c5ccccc54)c4cccc-3c42)c(C)c1. The Balaban J connectivity index is 1.22. The Kier molecular flexibility index (Phi) is 6.81. The second-order valence-electron chi connectivity index (χ2n) is 20.9. The van der Waals surface area contributed by atoms with Crippen LogP contribution < -0.4 is 20.6 Å². The van der Waals surface area contributed by atoms with Crippen LogP contribution in [0.15, 0.2) is 127 Å². The fourth-order valence-electron chi connectivity index (χ4n) is 14.1. The van der Waals surface area contributed by atoms with Crippen molar-refractivity contribution in [2.24, 2.45) is 0 Å². The van der Waals surface area contributed by atoms with Crippen molar-refractivity contribution >= 4 is 40.5 Å². The smallest absolute Gasteiger partial charge is 0.333 e. The molecule has 0 N–H and O–H groups in total. The topological polar surface area (TPSA) is 6.48 Å². The molecule has 0 amide bonds. The standard InChI is InChI=1S/C58H53BN2/c1-34-28-35(2)51(36(3)29-34)37-30-42-41-20-17-24-46-53(41)61(49-25-14-13-23-45(49)58(46)43-21-11-9-18-39(43)40-19-10-12-22-44(40)58)59-48-33-38(55(4,5)6)32-47-54(48)60(50(31-37)52(42)59)57(8)27-16-15-26-56(47,57)7/h9-14,17-25,28-33H,15-16,26-27H2,1-8H3. The lowest BCUT2D eigenvalue weighted by Gasteiger charge is -2.55. The van der Waals surface area contributed by atoms with Crippen LogP contribution in [0.25, 0.3) is 33.4 Å². The van der Waals surface area contributed by atoms with E-state index in [1.807, 2.05) is 0 Å². The zero-order chi connectivity index (χ0) is 41.5. The highest BCUT2D eigenvalue weighted by atomic mass is 15.3. The molecule has 7 aromatic rings. The average Bonchev–Trinajstić information content (AvgIpc) is 3.65. The van der Waals surface area contributed by atoms with Gasteiger partial charge in [-0.05, 0) is 147 Å². The lowest BCUT2D eigenvalue weighted by molar-refractivity contribution is 0.195.